The predicted octanol–water partition coefficient (Wildman–Crippen LogP) is 3.19. The lowest BCUT2D eigenvalue weighted by molar-refractivity contribution is 1.42. The zero-order valence-corrected chi connectivity index (χ0v) is 9.99. The molecule has 86 valence electrons. The van der Waals surface area contributed by atoms with Gasteiger partial charge in [0.05, 0.1) is 17.1 Å². The van der Waals surface area contributed by atoms with Crippen molar-refractivity contribution >= 4 is 22.8 Å². The highest BCUT2D eigenvalue weighted by Crippen LogP contribution is 2.20. The van der Waals surface area contributed by atoms with E-state index in [9.17, 15) is 0 Å². The van der Waals surface area contributed by atoms with E-state index in [0.29, 0.717) is 5.71 Å². The van der Waals surface area contributed by atoms with Crippen LogP contribution in [0.3, 0.4) is 0 Å². The summed E-state index contributed by atoms with van der Waals surface area (Å²) in [6.07, 6.45) is 5.52. The first-order chi connectivity index (χ1) is 8.06. The average molecular weight is 225 g/mol. The molecule has 0 fully saturated rings. The van der Waals surface area contributed by atoms with Crippen LogP contribution in [0.25, 0.3) is 0 Å². The fraction of sp³-hybridized carbons (Fsp3) is 0.143. The molecule has 0 bridgehead atoms. The second-order valence-electron chi connectivity index (χ2n) is 4.15. The third kappa shape index (κ3) is 2.50. The lowest BCUT2D eigenvalue weighted by Crippen LogP contribution is -2.04. The average Bonchev–Trinajstić information content (AvgIpc) is 2.29. The summed E-state index contributed by atoms with van der Waals surface area (Å²) in [5.41, 5.74) is 10.8. The minimum atomic E-state index is 0.539. The molecule has 0 aliphatic heterocycles. The van der Waals surface area contributed by atoms with Gasteiger partial charge in [0, 0.05) is 5.69 Å². The monoisotopic (exact) mass is 225 g/mol. The molecule has 3 heteroatoms. The molecule has 1 aromatic rings. The van der Waals surface area contributed by atoms with Crippen molar-refractivity contribution in [3.05, 3.63) is 47.6 Å². The Morgan fingerprint density at radius 2 is 1.94 bits per heavy atom. The molecule has 0 unspecified atom stereocenters. The number of aliphatic imine (C=N–C) groups is 1. The number of nitrogens with one attached hydrogen (secondary N) is 1. The van der Waals surface area contributed by atoms with E-state index in [1.807, 2.05) is 44.2 Å². The number of benzene rings is 1. The van der Waals surface area contributed by atoms with Crippen LogP contribution >= 0.6 is 0 Å². The maximum atomic E-state index is 7.60. The molecule has 0 saturated carbocycles. The van der Waals surface area contributed by atoms with E-state index < -0.39 is 0 Å². The van der Waals surface area contributed by atoms with Crippen molar-refractivity contribution in [2.24, 2.45) is 4.99 Å². The van der Waals surface area contributed by atoms with Crippen molar-refractivity contribution in [2.45, 2.75) is 13.8 Å². The number of nitrogens with two attached hydrogens (primary N) is 1. The molecule has 0 radical (unpaired) electrons. The van der Waals surface area contributed by atoms with E-state index in [0.717, 1.165) is 28.2 Å². The van der Waals surface area contributed by atoms with Gasteiger partial charge in [-0.15, -0.1) is 0 Å². The lowest BCUT2D eigenvalue weighted by atomic mass is 10.0. The highest BCUT2D eigenvalue weighted by Gasteiger charge is 2.04. The standard InChI is InChI=1S/C14H15N3/c1-9-7-11(3-5-13(9)15)17-12-4-6-14(16)10(2)8-12/h3-8,15H,16H2,1-2H3. The molecule has 0 saturated heterocycles. The second-order valence-corrected chi connectivity index (χ2v) is 4.15. The molecule has 0 atom stereocenters. The van der Waals surface area contributed by atoms with Crippen molar-refractivity contribution in [1.82, 2.24) is 0 Å². The zero-order chi connectivity index (χ0) is 12.4. The van der Waals surface area contributed by atoms with Gasteiger partial charge in [-0.1, -0.05) is 0 Å². The Kier molecular flexibility index (Phi) is 2.91. The summed E-state index contributed by atoms with van der Waals surface area (Å²) >= 11 is 0. The summed E-state index contributed by atoms with van der Waals surface area (Å²) in [6.45, 7) is 3.88. The number of rotatable bonds is 1. The molecule has 3 N–H and O–H groups in total. The van der Waals surface area contributed by atoms with Gasteiger partial charge in [0.1, 0.15) is 0 Å². The topological polar surface area (TPSA) is 62.2 Å². The smallest absolute Gasteiger partial charge is 0.0641 e. The van der Waals surface area contributed by atoms with Crippen LogP contribution in [0, 0.1) is 12.3 Å². The van der Waals surface area contributed by atoms with Crippen LogP contribution in [0.1, 0.15) is 12.5 Å². The molecule has 0 aromatic heterocycles. The SMILES string of the molecule is CC1=CC(=Nc2ccc(N)c(C)c2)C=CC1=N. The van der Waals surface area contributed by atoms with Crippen molar-refractivity contribution in [1.29, 1.82) is 5.41 Å². The largest absolute Gasteiger partial charge is 0.399 e. The molecule has 1 aliphatic carbocycles. The van der Waals surface area contributed by atoms with Gasteiger partial charge in [-0.25, -0.2) is 4.99 Å². The third-order valence-electron chi connectivity index (χ3n) is 2.72. The Morgan fingerprint density at radius 3 is 2.59 bits per heavy atom. The van der Waals surface area contributed by atoms with Gasteiger partial charge in [-0.05, 0) is 61.4 Å². The molecule has 17 heavy (non-hydrogen) atoms. The molecular weight excluding hydrogens is 210 g/mol. The van der Waals surface area contributed by atoms with Crippen LogP contribution in [0.4, 0.5) is 11.4 Å². The first-order valence-corrected chi connectivity index (χ1v) is 5.46. The van der Waals surface area contributed by atoms with Crippen LogP contribution in [-0.2, 0) is 0 Å². The molecule has 0 heterocycles. The Balaban J connectivity index is 2.34. The molecule has 3 nitrogen and oxygen atoms in total. The fourth-order valence-electron chi connectivity index (χ4n) is 1.60. The van der Waals surface area contributed by atoms with Crippen LogP contribution in [0.15, 0.2) is 47.0 Å². The molecule has 2 rings (SSSR count). The maximum absolute atomic E-state index is 7.60. The second kappa shape index (κ2) is 4.37. The summed E-state index contributed by atoms with van der Waals surface area (Å²) in [5, 5.41) is 7.60. The Bertz CT molecular complexity index is 563. The van der Waals surface area contributed by atoms with Gasteiger partial charge in [-0.2, -0.15) is 0 Å². The maximum Gasteiger partial charge on any atom is 0.0641 e. The third-order valence-corrected chi connectivity index (χ3v) is 2.72. The van der Waals surface area contributed by atoms with Crippen molar-refractivity contribution in [2.75, 3.05) is 5.73 Å². The van der Waals surface area contributed by atoms with Crippen LogP contribution in [-0.4, -0.2) is 11.4 Å². The first-order valence-electron chi connectivity index (χ1n) is 5.46. The minimum Gasteiger partial charge on any atom is -0.399 e. The van der Waals surface area contributed by atoms with Gasteiger partial charge in [0.15, 0.2) is 0 Å². The normalized spacial score (nSPS) is 17.4. The van der Waals surface area contributed by atoms with Crippen molar-refractivity contribution in [3.63, 3.8) is 0 Å². The number of hydrogen-bond acceptors (Lipinski definition) is 3. The molecule has 1 aliphatic rings. The van der Waals surface area contributed by atoms with E-state index in [-0.39, 0.29) is 0 Å². The highest BCUT2D eigenvalue weighted by molar-refractivity contribution is 6.20. The van der Waals surface area contributed by atoms with Crippen LogP contribution in [0.2, 0.25) is 0 Å². The zero-order valence-electron chi connectivity index (χ0n) is 9.99. The quantitative estimate of drug-likeness (QED) is 0.559. The Labute approximate surface area is 101 Å². The number of allylic oxidation sites excluding steroid dienone is 4. The number of aryl methyl sites for hydroxylation is 1. The van der Waals surface area contributed by atoms with E-state index in [1.54, 1.807) is 6.08 Å². The number of hydrogen-bond donors (Lipinski definition) is 2. The molecule has 0 amide bonds. The summed E-state index contributed by atoms with van der Waals surface area (Å²) in [6, 6.07) is 5.71. The Hall–Kier alpha value is -2.16. The Morgan fingerprint density at radius 1 is 1.18 bits per heavy atom. The van der Waals surface area contributed by atoms with E-state index in [2.05, 4.69) is 4.99 Å². The number of anilines is 1. The van der Waals surface area contributed by atoms with E-state index >= 15 is 0 Å². The van der Waals surface area contributed by atoms with Crippen molar-refractivity contribution in [3.8, 4) is 0 Å². The van der Waals surface area contributed by atoms with E-state index in [1.165, 1.54) is 0 Å². The molecule has 1 aromatic carbocycles. The first kappa shape index (κ1) is 11.3. The number of nitrogen functional groups attached to an aromatic ring is 1. The highest BCUT2D eigenvalue weighted by atomic mass is 14.7. The van der Waals surface area contributed by atoms with Gasteiger partial charge >= 0.3 is 0 Å². The summed E-state index contributed by atoms with van der Waals surface area (Å²) in [4.78, 5) is 4.51. The van der Waals surface area contributed by atoms with Gasteiger partial charge in [0.2, 0.25) is 0 Å². The number of nitrogens with zero attached hydrogens (tertiary/aromatic N) is 1. The summed E-state index contributed by atoms with van der Waals surface area (Å²) in [5.74, 6) is 0. The van der Waals surface area contributed by atoms with Crippen LogP contribution < -0.4 is 5.73 Å². The lowest BCUT2D eigenvalue weighted by Gasteiger charge is -2.06. The minimum absolute atomic E-state index is 0.539. The van der Waals surface area contributed by atoms with Gasteiger partial charge in [-0.3, -0.25) is 0 Å². The van der Waals surface area contributed by atoms with Crippen LogP contribution in [0.5, 0.6) is 0 Å². The summed E-state index contributed by atoms with van der Waals surface area (Å²) < 4.78 is 0. The summed E-state index contributed by atoms with van der Waals surface area (Å²) in [7, 11) is 0. The molecule has 0 spiro atoms. The van der Waals surface area contributed by atoms with Crippen molar-refractivity contribution < 1.29 is 0 Å². The fourth-order valence-corrected chi connectivity index (χ4v) is 1.60. The van der Waals surface area contributed by atoms with E-state index in [4.69, 9.17) is 11.1 Å². The van der Waals surface area contributed by atoms with Gasteiger partial charge in [0.25, 0.3) is 0 Å². The molecular formula is C14H15N3. The predicted molar refractivity (Wildman–Crippen MR) is 73.3 cm³/mol. The van der Waals surface area contributed by atoms with Gasteiger partial charge < -0.3 is 11.1 Å².